The van der Waals surface area contributed by atoms with Crippen molar-refractivity contribution in [3.8, 4) is 0 Å². The molecule has 0 spiro atoms. The minimum Gasteiger partial charge on any atom is -0.342 e. The summed E-state index contributed by atoms with van der Waals surface area (Å²) in [4.78, 5) is 36.6. The Labute approximate surface area is 190 Å². The number of likely N-dealkylation sites (N-methyl/N-ethyl adjacent to an activating group) is 1. The highest BCUT2D eigenvalue weighted by atomic mass is 32.1. The number of benzene rings is 2. The summed E-state index contributed by atoms with van der Waals surface area (Å²) in [6.07, 6.45) is 2.06. The topological polar surface area (TPSA) is 80.1 Å². The second-order valence-electron chi connectivity index (χ2n) is 7.72. The normalized spacial score (nSPS) is 11.9. The third-order valence-electron chi connectivity index (χ3n) is 5.20. The van der Waals surface area contributed by atoms with Crippen LogP contribution in [0.4, 0.5) is 0 Å². The van der Waals surface area contributed by atoms with Crippen molar-refractivity contribution in [3.63, 3.8) is 0 Å². The molecule has 0 saturated heterocycles. The van der Waals surface area contributed by atoms with E-state index in [0.717, 1.165) is 27.3 Å². The first-order chi connectivity index (χ1) is 15.5. The Morgan fingerprint density at radius 2 is 1.88 bits per heavy atom. The number of aromatic nitrogens is 3. The van der Waals surface area contributed by atoms with Gasteiger partial charge in [-0.3, -0.25) is 9.59 Å². The smallest absolute Gasteiger partial charge is 0.245 e. The van der Waals surface area contributed by atoms with Crippen LogP contribution < -0.4 is 5.32 Å². The lowest BCUT2D eigenvalue weighted by Crippen LogP contribution is -2.49. The van der Waals surface area contributed by atoms with Gasteiger partial charge < -0.3 is 14.8 Å². The van der Waals surface area contributed by atoms with Crippen LogP contribution in [-0.4, -0.2) is 44.3 Å². The van der Waals surface area contributed by atoms with E-state index in [-0.39, 0.29) is 18.4 Å². The Bertz CT molecular complexity index is 1220. The summed E-state index contributed by atoms with van der Waals surface area (Å²) in [6, 6.07) is 16.7. The van der Waals surface area contributed by atoms with Crippen LogP contribution in [0, 0.1) is 6.92 Å². The number of hydrogen-bond acceptors (Lipinski definition) is 5. The molecule has 32 heavy (non-hydrogen) atoms. The number of nitrogens with zero attached hydrogens (tertiary/aromatic N) is 4. The summed E-state index contributed by atoms with van der Waals surface area (Å²) in [5.74, 6) is -0.385. The highest BCUT2D eigenvalue weighted by Gasteiger charge is 2.25. The molecule has 0 aliphatic carbocycles. The molecular formula is C24H25N5O2S. The minimum atomic E-state index is -0.676. The minimum absolute atomic E-state index is 0.0913. The van der Waals surface area contributed by atoms with Crippen LogP contribution in [0.3, 0.4) is 0 Å². The van der Waals surface area contributed by atoms with E-state index < -0.39 is 6.04 Å². The first-order valence-electron chi connectivity index (χ1n) is 10.4. The fourth-order valence-corrected chi connectivity index (χ4v) is 4.25. The number of thiazole rings is 1. The molecule has 0 fully saturated rings. The van der Waals surface area contributed by atoms with Crippen LogP contribution >= 0.6 is 11.3 Å². The maximum Gasteiger partial charge on any atom is 0.245 e. The molecule has 2 aromatic carbocycles. The molecule has 4 rings (SSSR count). The van der Waals surface area contributed by atoms with Gasteiger partial charge in [-0.25, -0.2) is 9.97 Å². The van der Waals surface area contributed by atoms with Gasteiger partial charge in [0.1, 0.15) is 12.6 Å². The van der Waals surface area contributed by atoms with Gasteiger partial charge in [-0.2, -0.15) is 0 Å². The lowest BCUT2D eigenvalue weighted by Gasteiger charge is -2.24. The Morgan fingerprint density at radius 3 is 2.62 bits per heavy atom. The van der Waals surface area contributed by atoms with Crippen molar-refractivity contribution in [2.75, 3.05) is 7.05 Å². The number of aryl methyl sites for hydroxylation is 1. The molecule has 2 amide bonds. The molecule has 2 heterocycles. The molecule has 0 radical (unpaired) electrons. The second-order valence-corrected chi connectivity index (χ2v) is 8.79. The number of fused-ring (bicyclic) bond motifs is 1. The molecule has 2 aromatic heterocycles. The lowest BCUT2D eigenvalue weighted by atomic mass is 10.0. The van der Waals surface area contributed by atoms with Crippen molar-refractivity contribution in [2.45, 2.75) is 32.5 Å². The maximum atomic E-state index is 13.3. The maximum absolute atomic E-state index is 13.3. The molecule has 0 unspecified atom stereocenters. The van der Waals surface area contributed by atoms with Gasteiger partial charge in [0, 0.05) is 18.8 Å². The van der Waals surface area contributed by atoms with Crippen molar-refractivity contribution in [2.24, 2.45) is 0 Å². The van der Waals surface area contributed by atoms with Gasteiger partial charge in [0.05, 0.1) is 34.6 Å². The summed E-state index contributed by atoms with van der Waals surface area (Å²) in [5, 5.41) is 5.86. The van der Waals surface area contributed by atoms with Crippen LogP contribution in [0.25, 0.3) is 11.0 Å². The van der Waals surface area contributed by atoms with Crippen LogP contribution in [0.15, 0.2) is 66.3 Å². The van der Waals surface area contributed by atoms with Crippen LogP contribution in [0.5, 0.6) is 0 Å². The number of hydrogen-bond donors (Lipinski definition) is 1. The Hall–Kier alpha value is -3.52. The van der Waals surface area contributed by atoms with Crippen molar-refractivity contribution in [1.82, 2.24) is 24.8 Å². The molecule has 8 heteroatoms. The number of imidazole rings is 1. The van der Waals surface area contributed by atoms with Gasteiger partial charge in [-0.1, -0.05) is 42.5 Å². The van der Waals surface area contributed by atoms with E-state index in [2.05, 4.69) is 15.3 Å². The van der Waals surface area contributed by atoms with Crippen molar-refractivity contribution < 1.29 is 9.59 Å². The monoisotopic (exact) mass is 447 g/mol. The van der Waals surface area contributed by atoms with Crippen molar-refractivity contribution >= 4 is 34.2 Å². The highest BCUT2D eigenvalue weighted by Crippen LogP contribution is 2.13. The molecule has 164 valence electrons. The van der Waals surface area contributed by atoms with Crippen LogP contribution in [-0.2, 0) is 29.1 Å². The van der Waals surface area contributed by atoms with E-state index in [4.69, 9.17) is 0 Å². The lowest BCUT2D eigenvalue weighted by molar-refractivity contribution is -0.136. The third kappa shape index (κ3) is 5.20. The molecule has 1 atom stereocenters. The van der Waals surface area contributed by atoms with Gasteiger partial charge in [0.15, 0.2) is 0 Å². The standard InChI is InChI=1S/C24H25N5O2S/c1-17-26-19(15-32-17)13-28(2)24(31)21(12-18-8-4-3-5-9-18)27-23(30)14-29-16-25-20-10-6-7-11-22(20)29/h3-11,15-16,21H,12-14H2,1-2H3,(H,27,30)/t21-/m0/s1. The molecular weight excluding hydrogens is 422 g/mol. The highest BCUT2D eigenvalue weighted by molar-refractivity contribution is 7.09. The molecule has 0 bridgehead atoms. The first-order valence-corrected chi connectivity index (χ1v) is 11.3. The summed E-state index contributed by atoms with van der Waals surface area (Å²) in [7, 11) is 1.74. The van der Waals surface area contributed by atoms with Crippen LogP contribution in [0.1, 0.15) is 16.3 Å². The summed E-state index contributed by atoms with van der Waals surface area (Å²) in [6.45, 7) is 2.43. The van der Waals surface area contributed by atoms with Gasteiger partial charge in [-0.15, -0.1) is 11.3 Å². The summed E-state index contributed by atoms with van der Waals surface area (Å²) >= 11 is 1.56. The number of para-hydroxylation sites is 2. The molecule has 7 nitrogen and oxygen atoms in total. The van der Waals surface area contributed by atoms with Crippen molar-refractivity contribution in [1.29, 1.82) is 0 Å². The van der Waals surface area contributed by atoms with E-state index in [0.29, 0.717) is 13.0 Å². The average Bonchev–Trinajstić information content (AvgIpc) is 3.39. The molecule has 0 saturated carbocycles. The zero-order chi connectivity index (χ0) is 22.5. The first kappa shape index (κ1) is 21.7. The fourth-order valence-electron chi connectivity index (χ4n) is 3.65. The second kappa shape index (κ2) is 9.74. The Kier molecular flexibility index (Phi) is 6.61. The third-order valence-corrected chi connectivity index (χ3v) is 6.02. The quantitative estimate of drug-likeness (QED) is 0.450. The molecule has 1 N–H and O–H groups in total. The number of nitrogens with one attached hydrogen (secondary N) is 1. The van der Waals surface area contributed by atoms with Gasteiger partial charge in [-0.05, 0) is 24.6 Å². The molecule has 4 aromatic rings. The predicted molar refractivity (Wildman–Crippen MR) is 125 cm³/mol. The summed E-state index contributed by atoms with van der Waals surface area (Å²) < 4.78 is 1.79. The Morgan fingerprint density at radius 1 is 1.12 bits per heavy atom. The van der Waals surface area contributed by atoms with E-state index in [1.165, 1.54) is 0 Å². The fraction of sp³-hybridized carbons (Fsp3) is 0.250. The van der Waals surface area contributed by atoms with E-state index in [1.54, 1.807) is 34.2 Å². The zero-order valence-corrected chi connectivity index (χ0v) is 18.9. The molecule has 0 aliphatic heterocycles. The number of rotatable bonds is 8. The number of carbonyl (C=O) groups is 2. The van der Waals surface area contributed by atoms with Crippen LogP contribution in [0.2, 0.25) is 0 Å². The summed E-state index contributed by atoms with van der Waals surface area (Å²) in [5.41, 5.74) is 3.54. The Balaban J connectivity index is 1.49. The number of carbonyl (C=O) groups excluding carboxylic acids is 2. The van der Waals surface area contributed by atoms with Gasteiger partial charge in [0.25, 0.3) is 0 Å². The predicted octanol–water partition coefficient (Wildman–Crippen LogP) is 3.19. The van der Waals surface area contributed by atoms with E-state index in [1.807, 2.05) is 66.9 Å². The average molecular weight is 448 g/mol. The van der Waals surface area contributed by atoms with E-state index in [9.17, 15) is 9.59 Å². The van der Waals surface area contributed by atoms with Crippen molar-refractivity contribution in [3.05, 3.63) is 82.6 Å². The van der Waals surface area contributed by atoms with Gasteiger partial charge in [0.2, 0.25) is 11.8 Å². The largest absolute Gasteiger partial charge is 0.342 e. The van der Waals surface area contributed by atoms with Gasteiger partial charge >= 0.3 is 0 Å². The number of amides is 2. The SMILES string of the molecule is Cc1nc(CN(C)C(=O)[C@H](Cc2ccccc2)NC(=O)Cn2cnc3ccccc32)cs1. The van der Waals surface area contributed by atoms with E-state index >= 15 is 0 Å². The molecule has 0 aliphatic rings. The zero-order valence-electron chi connectivity index (χ0n) is 18.1.